The fraction of sp³-hybridized carbons (Fsp3) is 0.0833. The van der Waals surface area contributed by atoms with E-state index in [1.807, 2.05) is 53.1 Å². The van der Waals surface area contributed by atoms with Crippen molar-refractivity contribution in [3.63, 3.8) is 0 Å². The van der Waals surface area contributed by atoms with Crippen molar-refractivity contribution in [3.05, 3.63) is 78.4 Å². The third kappa shape index (κ3) is 3.08. The van der Waals surface area contributed by atoms with Crippen molar-refractivity contribution in [1.82, 2.24) is 14.5 Å². The molecule has 2 aromatic heterocycles. The highest BCUT2D eigenvalue weighted by molar-refractivity contribution is 6.08. The third-order valence-electron chi connectivity index (χ3n) is 5.09. The molecule has 30 heavy (non-hydrogen) atoms. The minimum Gasteiger partial charge on any atom is -0.326 e. The van der Waals surface area contributed by atoms with Crippen LogP contribution in [0.4, 0.5) is 5.69 Å². The van der Waals surface area contributed by atoms with Gasteiger partial charge in [-0.15, -0.1) is 0 Å². The van der Waals surface area contributed by atoms with E-state index in [4.69, 9.17) is 9.97 Å². The Morgan fingerprint density at radius 3 is 2.27 bits per heavy atom. The summed E-state index contributed by atoms with van der Waals surface area (Å²) in [5.74, 6) is -0.188. The summed E-state index contributed by atoms with van der Waals surface area (Å²) in [7, 11) is 0. The number of carbonyl (C=O) groups is 2. The molecule has 0 saturated carbocycles. The van der Waals surface area contributed by atoms with Crippen LogP contribution in [-0.2, 0) is 11.3 Å². The fourth-order valence-corrected chi connectivity index (χ4v) is 3.72. The molecular formula is C24H18N4O2. The van der Waals surface area contributed by atoms with E-state index in [9.17, 15) is 9.59 Å². The van der Waals surface area contributed by atoms with Crippen LogP contribution in [0.15, 0.2) is 72.8 Å². The normalized spacial score (nSPS) is 11.2. The average Bonchev–Trinajstić information content (AvgIpc) is 3.05. The summed E-state index contributed by atoms with van der Waals surface area (Å²) >= 11 is 0. The average molecular weight is 394 g/mol. The van der Waals surface area contributed by atoms with E-state index in [2.05, 4.69) is 5.32 Å². The molecule has 2 heterocycles. The first-order valence-corrected chi connectivity index (χ1v) is 9.65. The lowest BCUT2D eigenvalue weighted by atomic mass is 10.1. The van der Waals surface area contributed by atoms with Crippen molar-refractivity contribution >= 4 is 50.5 Å². The Morgan fingerprint density at radius 1 is 0.867 bits per heavy atom. The van der Waals surface area contributed by atoms with Gasteiger partial charge < -0.3 is 9.88 Å². The molecule has 6 nitrogen and oxygen atoms in total. The number of para-hydroxylation sites is 3. The topological polar surface area (TPSA) is 76.9 Å². The quantitative estimate of drug-likeness (QED) is 0.453. The van der Waals surface area contributed by atoms with E-state index in [0.717, 1.165) is 27.5 Å². The van der Waals surface area contributed by atoms with Crippen LogP contribution in [-0.4, -0.2) is 26.2 Å². The van der Waals surface area contributed by atoms with E-state index in [1.54, 1.807) is 24.3 Å². The van der Waals surface area contributed by atoms with Gasteiger partial charge in [0.1, 0.15) is 5.52 Å². The van der Waals surface area contributed by atoms with Gasteiger partial charge in [0, 0.05) is 23.6 Å². The number of Topliss-reactive ketones (excluding diaryl/α,β-unsaturated/α-hetero) is 1. The van der Waals surface area contributed by atoms with Crippen LogP contribution < -0.4 is 5.32 Å². The highest BCUT2D eigenvalue weighted by Gasteiger charge is 2.17. The number of rotatable bonds is 4. The van der Waals surface area contributed by atoms with E-state index in [1.165, 1.54) is 6.92 Å². The Labute approximate surface area is 172 Å². The van der Waals surface area contributed by atoms with Crippen LogP contribution >= 0.6 is 0 Å². The SMILES string of the molecule is CC(=O)Nc1ccc(C(=O)Cn2c3ccccc3c3nc4ccccc4nc32)cc1. The zero-order valence-corrected chi connectivity index (χ0v) is 16.3. The van der Waals surface area contributed by atoms with Gasteiger partial charge in [0.2, 0.25) is 5.91 Å². The van der Waals surface area contributed by atoms with Crippen molar-refractivity contribution < 1.29 is 9.59 Å². The van der Waals surface area contributed by atoms with Gasteiger partial charge in [-0.3, -0.25) is 9.59 Å². The van der Waals surface area contributed by atoms with Gasteiger partial charge in [-0.05, 0) is 42.5 Å². The Kier molecular flexibility index (Phi) is 4.25. The van der Waals surface area contributed by atoms with Crippen molar-refractivity contribution in [2.24, 2.45) is 0 Å². The summed E-state index contributed by atoms with van der Waals surface area (Å²) in [6, 6.07) is 22.5. The van der Waals surface area contributed by atoms with Crippen LogP contribution in [0.5, 0.6) is 0 Å². The predicted molar refractivity (Wildman–Crippen MR) is 118 cm³/mol. The zero-order chi connectivity index (χ0) is 20.7. The highest BCUT2D eigenvalue weighted by Crippen LogP contribution is 2.28. The second kappa shape index (κ2) is 7.08. The molecule has 0 aliphatic carbocycles. The van der Waals surface area contributed by atoms with Gasteiger partial charge in [0.25, 0.3) is 0 Å². The highest BCUT2D eigenvalue weighted by atomic mass is 16.1. The maximum absolute atomic E-state index is 13.0. The fourth-order valence-electron chi connectivity index (χ4n) is 3.72. The van der Waals surface area contributed by atoms with E-state index in [0.29, 0.717) is 16.9 Å². The number of fused-ring (bicyclic) bond motifs is 4. The maximum atomic E-state index is 13.0. The number of amides is 1. The van der Waals surface area contributed by atoms with Gasteiger partial charge in [-0.2, -0.15) is 0 Å². The molecule has 0 unspecified atom stereocenters. The lowest BCUT2D eigenvalue weighted by molar-refractivity contribution is -0.114. The number of benzene rings is 3. The number of ketones is 1. The number of nitrogens with zero attached hydrogens (tertiary/aromatic N) is 3. The first-order valence-electron chi connectivity index (χ1n) is 9.65. The van der Waals surface area contributed by atoms with Crippen LogP contribution in [0.25, 0.3) is 33.1 Å². The summed E-state index contributed by atoms with van der Waals surface area (Å²) in [4.78, 5) is 33.9. The second-order valence-corrected chi connectivity index (χ2v) is 7.17. The Balaban J connectivity index is 1.59. The summed E-state index contributed by atoms with van der Waals surface area (Å²) < 4.78 is 1.92. The summed E-state index contributed by atoms with van der Waals surface area (Å²) in [6.45, 7) is 1.60. The van der Waals surface area contributed by atoms with Gasteiger partial charge in [0.15, 0.2) is 11.4 Å². The van der Waals surface area contributed by atoms with Gasteiger partial charge in [0.05, 0.1) is 23.1 Å². The first kappa shape index (κ1) is 18.0. The molecule has 146 valence electrons. The molecule has 3 aromatic carbocycles. The largest absolute Gasteiger partial charge is 0.326 e. The Bertz CT molecular complexity index is 1430. The lowest BCUT2D eigenvalue weighted by Gasteiger charge is -2.08. The van der Waals surface area contributed by atoms with E-state index >= 15 is 0 Å². The number of carbonyl (C=O) groups excluding carboxylic acids is 2. The van der Waals surface area contributed by atoms with E-state index in [-0.39, 0.29) is 18.2 Å². The number of anilines is 1. The zero-order valence-electron chi connectivity index (χ0n) is 16.3. The summed E-state index contributed by atoms with van der Waals surface area (Å²) in [5.41, 5.74) is 5.26. The first-order chi connectivity index (χ1) is 14.6. The Hall–Kier alpha value is -4.06. The molecule has 5 aromatic rings. The van der Waals surface area contributed by atoms with Crippen molar-refractivity contribution in [2.45, 2.75) is 13.5 Å². The standard InChI is InChI=1S/C24H18N4O2/c1-15(29)25-17-12-10-16(11-13-17)22(30)14-28-21-9-5-2-6-18(21)23-24(28)27-20-8-4-3-7-19(20)26-23/h2-13H,14H2,1H3,(H,25,29). The van der Waals surface area contributed by atoms with Crippen molar-refractivity contribution in [3.8, 4) is 0 Å². The van der Waals surface area contributed by atoms with Crippen LogP contribution in [0.3, 0.4) is 0 Å². The van der Waals surface area contributed by atoms with E-state index < -0.39 is 0 Å². The summed E-state index contributed by atoms with van der Waals surface area (Å²) in [6.07, 6.45) is 0. The predicted octanol–water partition coefficient (Wildman–Crippen LogP) is 4.58. The van der Waals surface area contributed by atoms with Crippen LogP contribution in [0.2, 0.25) is 0 Å². The van der Waals surface area contributed by atoms with Crippen molar-refractivity contribution in [2.75, 3.05) is 5.32 Å². The molecule has 1 amide bonds. The molecule has 0 saturated heterocycles. The molecule has 6 heteroatoms. The third-order valence-corrected chi connectivity index (χ3v) is 5.09. The van der Waals surface area contributed by atoms with Gasteiger partial charge >= 0.3 is 0 Å². The maximum Gasteiger partial charge on any atom is 0.221 e. The van der Waals surface area contributed by atoms with Crippen LogP contribution in [0, 0.1) is 0 Å². The number of hydrogen-bond acceptors (Lipinski definition) is 4. The molecule has 0 radical (unpaired) electrons. The monoisotopic (exact) mass is 394 g/mol. The van der Waals surface area contributed by atoms with Crippen LogP contribution in [0.1, 0.15) is 17.3 Å². The van der Waals surface area contributed by atoms with Crippen molar-refractivity contribution in [1.29, 1.82) is 0 Å². The second-order valence-electron chi connectivity index (χ2n) is 7.17. The minimum absolute atomic E-state index is 0.0398. The molecule has 1 N–H and O–H groups in total. The molecule has 5 rings (SSSR count). The molecule has 0 aliphatic heterocycles. The van der Waals surface area contributed by atoms with Gasteiger partial charge in [-0.1, -0.05) is 30.3 Å². The number of hydrogen-bond donors (Lipinski definition) is 1. The molecule has 0 spiro atoms. The number of nitrogens with one attached hydrogen (secondary N) is 1. The lowest BCUT2D eigenvalue weighted by Crippen LogP contribution is -2.11. The van der Waals surface area contributed by atoms with Gasteiger partial charge in [-0.25, -0.2) is 9.97 Å². The molecule has 0 fully saturated rings. The molecule has 0 bridgehead atoms. The Morgan fingerprint density at radius 2 is 1.53 bits per heavy atom. The molecular weight excluding hydrogens is 376 g/mol. The summed E-state index contributed by atoms with van der Waals surface area (Å²) in [5, 5.41) is 3.68. The number of aromatic nitrogens is 3. The smallest absolute Gasteiger partial charge is 0.221 e. The molecule has 0 aliphatic rings. The minimum atomic E-state index is -0.148. The molecule has 0 atom stereocenters.